The van der Waals surface area contributed by atoms with Crippen LogP contribution in [0.3, 0.4) is 0 Å². The van der Waals surface area contributed by atoms with E-state index in [0.29, 0.717) is 0 Å². The summed E-state index contributed by atoms with van der Waals surface area (Å²) in [5.41, 5.74) is 4.54. The average molecular weight is 599 g/mol. The molecular formula is C30H22N4O4S3. The van der Waals surface area contributed by atoms with Crippen LogP contribution in [0.15, 0.2) is 111 Å². The van der Waals surface area contributed by atoms with E-state index < -0.39 is 21.8 Å². The minimum atomic E-state index is -4.20. The van der Waals surface area contributed by atoms with Gasteiger partial charge in [0.25, 0.3) is 15.9 Å². The van der Waals surface area contributed by atoms with Gasteiger partial charge in [-0.2, -0.15) is 13.5 Å². The van der Waals surface area contributed by atoms with Crippen LogP contribution in [0, 0.1) is 5.92 Å². The van der Waals surface area contributed by atoms with E-state index in [-0.39, 0.29) is 33.3 Å². The van der Waals surface area contributed by atoms with Gasteiger partial charge in [-0.3, -0.25) is 14.6 Å². The molecule has 0 bridgehead atoms. The normalized spacial score (nSPS) is 20.8. The maximum Gasteiger partial charge on any atom is 0.284 e. The van der Waals surface area contributed by atoms with Crippen molar-refractivity contribution in [1.29, 1.82) is 0 Å². The molecule has 11 heteroatoms. The third-order valence-corrected chi connectivity index (χ3v) is 10.6. The highest BCUT2D eigenvalue weighted by molar-refractivity contribution is 8.15. The topological polar surface area (TPSA) is 99.5 Å². The summed E-state index contributed by atoms with van der Waals surface area (Å²) in [4.78, 5) is 27.5. The molecule has 8 nitrogen and oxygen atoms in total. The van der Waals surface area contributed by atoms with Gasteiger partial charge in [-0.1, -0.05) is 60.3 Å². The highest BCUT2D eigenvalue weighted by Gasteiger charge is 2.44. The first-order valence-corrected chi connectivity index (χ1v) is 16.2. The van der Waals surface area contributed by atoms with Crippen LogP contribution in [0.1, 0.15) is 32.4 Å². The van der Waals surface area contributed by atoms with Crippen LogP contribution >= 0.6 is 23.1 Å². The van der Waals surface area contributed by atoms with Crippen molar-refractivity contribution >= 4 is 61.5 Å². The molecule has 0 radical (unpaired) electrons. The maximum absolute atomic E-state index is 13.3. The zero-order valence-electron chi connectivity index (χ0n) is 21.5. The van der Waals surface area contributed by atoms with E-state index in [2.05, 4.69) is 34.0 Å². The fourth-order valence-corrected chi connectivity index (χ4v) is 8.43. The van der Waals surface area contributed by atoms with Gasteiger partial charge >= 0.3 is 0 Å². The van der Waals surface area contributed by atoms with Crippen molar-refractivity contribution in [2.75, 3.05) is 10.8 Å². The molecule has 3 aliphatic rings. The molecule has 41 heavy (non-hydrogen) atoms. The summed E-state index contributed by atoms with van der Waals surface area (Å²) in [6, 6.07) is 27.2. The van der Waals surface area contributed by atoms with Crippen molar-refractivity contribution in [3.05, 3.63) is 118 Å². The molecule has 1 aliphatic carbocycles. The number of thioether (sulfide) groups is 1. The molecule has 0 N–H and O–H groups in total. The van der Waals surface area contributed by atoms with Crippen LogP contribution in [0.4, 0.5) is 5.69 Å². The Labute approximate surface area is 245 Å². The molecule has 7 rings (SSSR count). The zero-order valence-corrected chi connectivity index (χ0v) is 23.9. The lowest BCUT2D eigenvalue weighted by molar-refractivity contribution is -0.122. The Morgan fingerprint density at radius 3 is 2.44 bits per heavy atom. The number of fused-ring (bicyclic) bond motifs is 3. The quantitative estimate of drug-likeness (QED) is 0.288. The largest absolute Gasteiger partial charge is 0.284 e. The Morgan fingerprint density at radius 1 is 0.927 bits per heavy atom. The van der Waals surface area contributed by atoms with E-state index in [1.807, 2.05) is 17.1 Å². The van der Waals surface area contributed by atoms with Crippen molar-refractivity contribution < 1.29 is 18.0 Å². The van der Waals surface area contributed by atoms with Gasteiger partial charge in [0.2, 0.25) is 5.91 Å². The lowest BCUT2D eigenvalue weighted by Gasteiger charge is -2.26. The SMILES string of the molecule is O=C1CS/C(=N\S(=O)(=O)c2ccc(N3N=C4c5ccccc5CC4C3c3cccs3)cc2)N1C(=O)c1ccccc1. The summed E-state index contributed by atoms with van der Waals surface area (Å²) in [5, 5.41) is 8.92. The minimum Gasteiger partial charge on any atom is -0.273 e. The summed E-state index contributed by atoms with van der Waals surface area (Å²) in [6.07, 6.45) is 0.895. The van der Waals surface area contributed by atoms with Crippen molar-refractivity contribution in [1.82, 2.24) is 4.90 Å². The van der Waals surface area contributed by atoms with Crippen molar-refractivity contribution in [2.45, 2.75) is 17.4 Å². The second-order valence-electron chi connectivity index (χ2n) is 9.79. The molecule has 1 saturated heterocycles. The van der Waals surface area contributed by atoms with E-state index >= 15 is 0 Å². The summed E-state index contributed by atoms with van der Waals surface area (Å²) in [5.74, 6) is -0.973. The van der Waals surface area contributed by atoms with Crippen LogP contribution in [0.2, 0.25) is 0 Å². The highest BCUT2D eigenvalue weighted by atomic mass is 32.2. The molecule has 3 heterocycles. The Hall–Kier alpha value is -4.06. The molecule has 204 valence electrons. The van der Waals surface area contributed by atoms with Crippen LogP contribution < -0.4 is 5.01 Å². The number of amides is 2. The molecule has 3 aromatic carbocycles. The van der Waals surface area contributed by atoms with Gasteiger partial charge in [0.15, 0.2) is 5.17 Å². The Kier molecular flexibility index (Phi) is 6.37. The maximum atomic E-state index is 13.3. The molecule has 2 aliphatic heterocycles. The molecule has 0 saturated carbocycles. The third kappa shape index (κ3) is 4.50. The zero-order chi connectivity index (χ0) is 28.1. The number of anilines is 1. The highest BCUT2D eigenvalue weighted by Crippen LogP contribution is 2.47. The predicted octanol–water partition coefficient (Wildman–Crippen LogP) is 5.35. The Morgan fingerprint density at radius 2 is 1.68 bits per heavy atom. The molecule has 2 atom stereocenters. The second kappa shape index (κ2) is 10.1. The number of imide groups is 1. The van der Waals surface area contributed by atoms with E-state index in [4.69, 9.17) is 5.10 Å². The van der Waals surface area contributed by atoms with Gasteiger partial charge < -0.3 is 0 Å². The van der Waals surface area contributed by atoms with Crippen LogP contribution in [0.25, 0.3) is 0 Å². The first-order chi connectivity index (χ1) is 19.9. The van der Waals surface area contributed by atoms with Gasteiger partial charge in [0.05, 0.1) is 28.1 Å². The van der Waals surface area contributed by atoms with Gasteiger partial charge in [0, 0.05) is 21.9 Å². The van der Waals surface area contributed by atoms with Crippen molar-refractivity contribution in [3.8, 4) is 0 Å². The van der Waals surface area contributed by atoms with Gasteiger partial charge in [-0.05, 0) is 59.8 Å². The van der Waals surface area contributed by atoms with E-state index in [0.717, 1.165) is 40.0 Å². The number of hydrazone groups is 1. The molecule has 0 spiro atoms. The summed E-state index contributed by atoms with van der Waals surface area (Å²) >= 11 is 2.61. The fourth-order valence-electron chi connectivity index (χ4n) is 5.48. The van der Waals surface area contributed by atoms with Crippen molar-refractivity contribution in [3.63, 3.8) is 0 Å². The molecule has 2 amide bonds. The smallest absolute Gasteiger partial charge is 0.273 e. The number of carbonyl (C=O) groups is 2. The number of amidine groups is 1. The van der Waals surface area contributed by atoms with E-state index in [9.17, 15) is 18.0 Å². The standard InChI is InChI=1S/C30H22N4O4S3/c35-26-18-40-30(33(26)29(36)19-7-2-1-3-8-19)32-41(37,38)22-14-12-21(13-15-22)34-28(25-11-6-16-39-25)24-17-20-9-4-5-10-23(20)27(24)31-34/h1-16,24,28H,17-18H2/b32-30-. The van der Waals surface area contributed by atoms with Crippen LogP contribution in [0.5, 0.6) is 0 Å². The Bertz CT molecular complexity index is 1840. The van der Waals surface area contributed by atoms with E-state index in [1.54, 1.807) is 53.8 Å². The summed E-state index contributed by atoms with van der Waals surface area (Å²) in [6.45, 7) is 0. The van der Waals surface area contributed by atoms with E-state index in [1.165, 1.54) is 22.6 Å². The van der Waals surface area contributed by atoms with Gasteiger partial charge in [-0.25, -0.2) is 4.90 Å². The van der Waals surface area contributed by atoms with Gasteiger partial charge in [-0.15, -0.1) is 15.7 Å². The number of benzene rings is 3. The molecule has 1 aromatic heterocycles. The lowest BCUT2D eigenvalue weighted by Crippen LogP contribution is -2.36. The Balaban J connectivity index is 1.19. The predicted molar refractivity (Wildman–Crippen MR) is 161 cm³/mol. The van der Waals surface area contributed by atoms with Crippen molar-refractivity contribution in [2.24, 2.45) is 15.4 Å². The summed E-state index contributed by atoms with van der Waals surface area (Å²) in [7, 11) is -4.20. The van der Waals surface area contributed by atoms with Gasteiger partial charge in [0.1, 0.15) is 0 Å². The number of hydrogen-bond donors (Lipinski definition) is 0. The first kappa shape index (κ1) is 25.9. The average Bonchev–Trinajstić information content (AvgIpc) is 3.77. The first-order valence-electron chi connectivity index (χ1n) is 12.9. The molecule has 2 unspecified atom stereocenters. The minimum absolute atomic E-state index is 0.00133. The second-order valence-corrected chi connectivity index (χ2v) is 13.3. The number of hydrogen-bond acceptors (Lipinski definition) is 8. The number of nitrogens with zero attached hydrogens (tertiary/aromatic N) is 4. The molecule has 4 aromatic rings. The summed E-state index contributed by atoms with van der Waals surface area (Å²) < 4.78 is 30.5. The molecular weight excluding hydrogens is 577 g/mol. The fraction of sp³-hybridized carbons (Fsp3) is 0.133. The van der Waals surface area contributed by atoms with Crippen LogP contribution in [-0.2, 0) is 21.2 Å². The number of thiophene rings is 1. The van der Waals surface area contributed by atoms with Crippen LogP contribution in [-0.4, -0.2) is 41.8 Å². The molecule has 1 fully saturated rings. The number of rotatable bonds is 5. The number of carbonyl (C=O) groups excluding carboxylic acids is 2. The monoisotopic (exact) mass is 598 g/mol. The number of sulfonamides is 1. The third-order valence-electron chi connectivity index (χ3n) is 7.37. The lowest BCUT2D eigenvalue weighted by atomic mass is 9.94.